The molecule has 2 aliphatic rings. The van der Waals surface area contributed by atoms with Crippen molar-refractivity contribution in [1.29, 1.82) is 0 Å². The van der Waals surface area contributed by atoms with E-state index in [2.05, 4.69) is 18.7 Å². The van der Waals surface area contributed by atoms with Crippen molar-refractivity contribution in [1.82, 2.24) is 4.90 Å². The van der Waals surface area contributed by atoms with Crippen molar-refractivity contribution < 1.29 is 15.0 Å². The van der Waals surface area contributed by atoms with Gasteiger partial charge < -0.3 is 10.2 Å². The average Bonchev–Trinajstić information content (AvgIpc) is 2.71. The van der Waals surface area contributed by atoms with Gasteiger partial charge in [-0.15, -0.1) is 0 Å². The molecule has 1 aliphatic carbocycles. The molecule has 4 nitrogen and oxygen atoms in total. The van der Waals surface area contributed by atoms with E-state index in [1.165, 1.54) is 11.1 Å². The van der Waals surface area contributed by atoms with E-state index >= 15 is 0 Å². The third-order valence-corrected chi connectivity index (χ3v) is 5.36. The van der Waals surface area contributed by atoms with Crippen molar-refractivity contribution >= 4 is 5.97 Å². The van der Waals surface area contributed by atoms with Crippen LogP contribution in [0.25, 0.3) is 0 Å². The topological polar surface area (TPSA) is 60.8 Å². The lowest BCUT2D eigenvalue weighted by Crippen LogP contribution is -2.51. The first-order valence-electron chi connectivity index (χ1n) is 7.69. The van der Waals surface area contributed by atoms with E-state index < -0.39 is 5.97 Å². The van der Waals surface area contributed by atoms with Crippen molar-refractivity contribution in [2.75, 3.05) is 13.1 Å². The zero-order valence-electron chi connectivity index (χ0n) is 12.8. The maximum atomic E-state index is 11.1. The van der Waals surface area contributed by atoms with Gasteiger partial charge in [0.05, 0.1) is 5.92 Å². The first-order chi connectivity index (χ1) is 9.90. The highest BCUT2D eigenvalue weighted by molar-refractivity contribution is 5.70. The molecule has 1 saturated heterocycles. The van der Waals surface area contributed by atoms with Crippen LogP contribution in [0, 0.1) is 18.8 Å². The number of aliphatic carboxylic acids is 1. The Labute approximate surface area is 125 Å². The Morgan fingerprint density at radius 1 is 1.33 bits per heavy atom. The Bertz CT molecular complexity index is 578. The molecule has 114 valence electrons. The predicted octanol–water partition coefficient (Wildman–Crippen LogP) is 2.90. The smallest absolute Gasteiger partial charge is 0.306 e. The summed E-state index contributed by atoms with van der Waals surface area (Å²) < 4.78 is 0. The number of aromatic hydroxyl groups is 1. The second-order valence-electron chi connectivity index (χ2n) is 6.72. The van der Waals surface area contributed by atoms with E-state index in [-0.39, 0.29) is 17.9 Å². The molecule has 21 heavy (non-hydrogen) atoms. The summed E-state index contributed by atoms with van der Waals surface area (Å²) in [5, 5.41) is 19.3. The molecule has 2 N–H and O–H groups in total. The van der Waals surface area contributed by atoms with Gasteiger partial charge in [-0.1, -0.05) is 19.9 Å². The van der Waals surface area contributed by atoms with Gasteiger partial charge in [0.2, 0.25) is 0 Å². The lowest BCUT2D eigenvalue weighted by Gasteiger charge is -2.45. The molecule has 1 fully saturated rings. The van der Waals surface area contributed by atoms with Crippen LogP contribution in [-0.4, -0.2) is 34.2 Å². The number of fused-ring (bicyclic) bond motifs is 1. The summed E-state index contributed by atoms with van der Waals surface area (Å²) >= 11 is 0. The quantitative estimate of drug-likeness (QED) is 0.898. The Balaban J connectivity index is 1.80. The minimum Gasteiger partial charge on any atom is -0.508 e. The number of carboxylic acid groups (broad SMARTS) is 1. The van der Waals surface area contributed by atoms with Crippen molar-refractivity contribution in [2.24, 2.45) is 11.8 Å². The van der Waals surface area contributed by atoms with Crippen molar-refractivity contribution in [2.45, 2.75) is 39.2 Å². The molecule has 0 aromatic heterocycles. The number of hydrogen-bond donors (Lipinski definition) is 2. The van der Waals surface area contributed by atoms with Gasteiger partial charge in [0.1, 0.15) is 5.75 Å². The second-order valence-corrected chi connectivity index (χ2v) is 6.72. The van der Waals surface area contributed by atoms with Crippen LogP contribution in [0.4, 0.5) is 0 Å². The molecule has 0 radical (unpaired) electrons. The molecule has 4 heteroatoms. The third-order valence-electron chi connectivity index (χ3n) is 5.36. The van der Waals surface area contributed by atoms with Crippen LogP contribution in [0.3, 0.4) is 0 Å². The summed E-state index contributed by atoms with van der Waals surface area (Å²) in [6, 6.07) is 4.02. The first kappa shape index (κ1) is 14.4. The van der Waals surface area contributed by atoms with Gasteiger partial charge in [-0.2, -0.15) is 0 Å². The van der Waals surface area contributed by atoms with E-state index in [9.17, 15) is 9.90 Å². The van der Waals surface area contributed by atoms with E-state index in [1.807, 2.05) is 6.07 Å². The van der Waals surface area contributed by atoms with Crippen LogP contribution in [0.5, 0.6) is 5.75 Å². The molecule has 3 unspecified atom stereocenters. The third kappa shape index (κ3) is 2.22. The van der Waals surface area contributed by atoms with E-state index in [0.29, 0.717) is 11.7 Å². The predicted molar refractivity (Wildman–Crippen MR) is 80.5 cm³/mol. The normalized spacial score (nSPS) is 27.2. The number of nitrogens with zero attached hydrogens (tertiary/aromatic N) is 1. The van der Waals surface area contributed by atoms with Crippen LogP contribution in [0.1, 0.15) is 48.9 Å². The number of benzene rings is 1. The highest BCUT2D eigenvalue weighted by Gasteiger charge is 2.43. The van der Waals surface area contributed by atoms with Crippen LogP contribution in [-0.2, 0) is 4.79 Å². The Morgan fingerprint density at radius 3 is 2.62 bits per heavy atom. The number of carbonyl (C=O) groups is 1. The van der Waals surface area contributed by atoms with E-state index in [4.69, 9.17) is 5.11 Å². The van der Waals surface area contributed by atoms with Crippen LogP contribution >= 0.6 is 0 Å². The number of aryl methyl sites for hydroxylation is 1. The SMILES string of the molecule is Cc1ccc(O)c2c1C(C)CC2N1CC(C(C)C(=O)O)C1. The fraction of sp³-hybridized carbons (Fsp3) is 0.588. The van der Waals surface area contributed by atoms with Crippen LogP contribution in [0.15, 0.2) is 12.1 Å². The number of carboxylic acids is 1. The standard InChI is InChI=1S/C17H23NO3/c1-9-4-5-14(19)16-13(6-10(2)15(9)16)18-7-12(8-18)11(3)17(20)21/h4-5,10-13,19H,6-8H2,1-3H3,(H,20,21). The van der Waals surface area contributed by atoms with E-state index in [1.54, 1.807) is 13.0 Å². The Hall–Kier alpha value is -1.55. The summed E-state index contributed by atoms with van der Waals surface area (Å²) in [5.41, 5.74) is 3.60. The number of phenols is 1. The highest BCUT2D eigenvalue weighted by Crippen LogP contribution is 2.50. The lowest BCUT2D eigenvalue weighted by atomic mass is 9.85. The van der Waals surface area contributed by atoms with Gasteiger partial charge in [-0.3, -0.25) is 9.69 Å². The number of hydrogen-bond acceptors (Lipinski definition) is 3. The molecule has 1 aliphatic heterocycles. The van der Waals surface area contributed by atoms with Crippen LogP contribution < -0.4 is 0 Å². The molecule has 1 aromatic rings. The average molecular weight is 289 g/mol. The van der Waals surface area contributed by atoms with Gasteiger partial charge in [-0.25, -0.2) is 0 Å². The van der Waals surface area contributed by atoms with Gasteiger partial charge >= 0.3 is 5.97 Å². The first-order valence-corrected chi connectivity index (χ1v) is 7.69. The molecule has 0 amide bonds. The van der Waals surface area contributed by atoms with Gasteiger partial charge in [-0.05, 0) is 42.4 Å². The second kappa shape index (κ2) is 5.02. The summed E-state index contributed by atoms with van der Waals surface area (Å²) in [6.45, 7) is 7.73. The lowest BCUT2D eigenvalue weighted by molar-refractivity contribution is -0.146. The van der Waals surface area contributed by atoms with Crippen LogP contribution in [0.2, 0.25) is 0 Å². The summed E-state index contributed by atoms with van der Waals surface area (Å²) in [7, 11) is 0. The molecular formula is C17H23NO3. The van der Waals surface area contributed by atoms with Crippen molar-refractivity contribution in [3.63, 3.8) is 0 Å². The molecule has 0 spiro atoms. The fourth-order valence-electron chi connectivity index (χ4n) is 3.96. The zero-order valence-corrected chi connectivity index (χ0v) is 12.8. The molecule has 3 atom stereocenters. The number of rotatable bonds is 3. The van der Waals surface area contributed by atoms with E-state index in [0.717, 1.165) is 25.1 Å². The fourth-order valence-corrected chi connectivity index (χ4v) is 3.96. The molecule has 1 aromatic carbocycles. The van der Waals surface area contributed by atoms with Gasteiger partial charge in [0.25, 0.3) is 0 Å². The van der Waals surface area contributed by atoms with Gasteiger partial charge in [0, 0.05) is 24.7 Å². The van der Waals surface area contributed by atoms with Crippen molar-refractivity contribution in [3.05, 3.63) is 28.8 Å². The minimum atomic E-state index is -0.710. The maximum absolute atomic E-state index is 11.1. The molecule has 0 saturated carbocycles. The zero-order chi connectivity index (χ0) is 15.3. The Kier molecular flexibility index (Phi) is 3.44. The molecular weight excluding hydrogens is 266 g/mol. The monoisotopic (exact) mass is 289 g/mol. The van der Waals surface area contributed by atoms with Crippen molar-refractivity contribution in [3.8, 4) is 5.75 Å². The minimum absolute atomic E-state index is 0.230. The highest BCUT2D eigenvalue weighted by atomic mass is 16.4. The summed E-state index contributed by atoms with van der Waals surface area (Å²) in [5.74, 6) is 0.0747. The summed E-state index contributed by atoms with van der Waals surface area (Å²) in [4.78, 5) is 13.4. The maximum Gasteiger partial charge on any atom is 0.306 e. The molecule has 0 bridgehead atoms. The molecule has 1 heterocycles. The molecule has 3 rings (SSSR count). The largest absolute Gasteiger partial charge is 0.508 e. The summed E-state index contributed by atoms with van der Waals surface area (Å²) in [6.07, 6.45) is 1.02. The Morgan fingerprint density at radius 2 is 2.00 bits per heavy atom. The van der Waals surface area contributed by atoms with Gasteiger partial charge in [0.15, 0.2) is 0 Å². The number of likely N-dealkylation sites (tertiary alicyclic amines) is 1. The number of phenolic OH excluding ortho intramolecular Hbond substituents is 1.